The predicted octanol–water partition coefficient (Wildman–Crippen LogP) is 0.453. The molecule has 0 aliphatic rings. The maximum atomic E-state index is 8.85. The van der Waals surface area contributed by atoms with Crippen molar-refractivity contribution in [1.82, 2.24) is 15.1 Å². The van der Waals surface area contributed by atoms with Crippen LogP contribution in [0.1, 0.15) is 25.2 Å². The molecule has 80 valence electrons. The van der Waals surface area contributed by atoms with Crippen LogP contribution in [0.5, 0.6) is 0 Å². The van der Waals surface area contributed by atoms with Crippen LogP contribution in [-0.4, -0.2) is 27.5 Å². The Morgan fingerprint density at radius 2 is 2.36 bits per heavy atom. The van der Waals surface area contributed by atoms with Crippen LogP contribution in [0, 0.1) is 0 Å². The molecule has 1 aromatic heterocycles. The van der Waals surface area contributed by atoms with E-state index in [0.717, 1.165) is 24.4 Å². The SMILES string of the molecule is CCc1cc(CNC(C)CO)n(C)n1. The smallest absolute Gasteiger partial charge is 0.0625 e. The molecule has 1 atom stereocenters. The number of aliphatic hydroxyl groups is 1. The summed E-state index contributed by atoms with van der Waals surface area (Å²) in [7, 11) is 1.94. The molecule has 0 aromatic carbocycles. The largest absolute Gasteiger partial charge is 0.395 e. The Balaban J connectivity index is 2.53. The summed E-state index contributed by atoms with van der Waals surface area (Å²) in [6, 6.07) is 2.23. The summed E-state index contributed by atoms with van der Waals surface area (Å²) in [5.74, 6) is 0. The van der Waals surface area contributed by atoms with Gasteiger partial charge in [-0.3, -0.25) is 4.68 Å². The van der Waals surface area contributed by atoms with Gasteiger partial charge in [-0.15, -0.1) is 0 Å². The minimum absolute atomic E-state index is 0.134. The second-order valence-corrected chi connectivity index (χ2v) is 3.57. The van der Waals surface area contributed by atoms with Gasteiger partial charge in [-0.1, -0.05) is 6.92 Å². The quantitative estimate of drug-likeness (QED) is 0.720. The number of hydrogen-bond acceptors (Lipinski definition) is 3. The Kier molecular flexibility index (Phi) is 4.10. The fraction of sp³-hybridized carbons (Fsp3) is 0.700. The normalized spacial score (nSPS) is 13.1. The first kappa shape index (κ1) is 11.2. The maximum absolute atomic E-state index is 8.85. The summed E-state index contributed by atoms with van der Waals surface area (Å²) in [5.41, 5.74) is 2.27. The zero-order valence-electron chi connectivity index (χ0n) is 9.12. The van der Waals surface area contributed by atoms with Gasteiger partial charge in [-0.25, -0.2) is 0 Å². The van der Waals surface area contributed by atoms with Crippen LogP contribution in [-0.2, 0) is 20.0 Å². The van der Waals surface area contributed by atoms with E-state index >= 15 is 0 Å². The minimum atomic E-state index is 0.134. The van der Waals surface area contributed by atoms with Crippen LogP contribution in [0.4, 0.5) is 0 Å². The van der Waals surface area contributed by atoms with Crippen LogP contribution in [0.3, 0.4) is 0 Å². The molecule has 0 fully saturated rings. The lowest BCUT2D eigenvalue weighted by Gasteiger charge is -2.09. The first-order chi connectivity index (χ1) is 6.67. The summed E-state index contributed by atoms with van der Waals surface area (Å²) in [4.78, 5) is 0. The van der Waals surface area contributed by atoms with Crippen LogP contribution in [0.25, 0.3) is 0 Å². The number of hydrogen-bond donors (Lipinski definition) is 2. The molecule has 0 saturated carbocycles. The first-order valence-electron chi connectivity index (χ1n) is 5.03. The van der Waals surface area contributed by atoms with Crippen molar-refractivity contribution >= 4 is 0 Å². The molecule has 0 saturated heterocycles. The Morgan fingerprint density at radius 1 is 1.64 bits per heavy atom. The maximum Gasteiger partial charge on any atom is 0.0625 e. The molecule has 1 unspecified atom stereocenters. The molecule has 0 bridgehead atoms. The summed E-state index contributed by atoms with van der Waals surface area (Å²) in [6.45, 7) is 4.97. The number of aliphatic hydroxyl groups excluding tert-OH is 1. The van der Waals surface area contributed by atoms with Gasteiger partial charge in [0, 0.05) is 19.6 Å². The Bertz CT molecular complexity index is 283. The van der Waals surface area contributed by atoms with E-state index in [4.69, 9.17) is 5.11 Å². The monoisotopic (exact) mass is 197 g/mol. The van der Waals surface area contributed by atoms with Gasteiger partial charge in [0.05, 0.1) is 18.0 Å². The van der Waals surface area contributed by atoms with Crippen molar-refractivity contribution in [3.63, 3.8) is 0 Å². The lowest BCUT2D eigenvalue weighted by atomic mass is 10.3. The van der Waals surface area contributed by atoms with Crippen molar-refractivity contribution in [3.8, 4) is 0 Å². The number of aromatic nitrogens is 2. The Labute approximate surface area is 84.9 Å². The molecule has 1 rings (SSSR count). The molecule has 14 heavy (non-hydrogen) atoms. The third kappa shape index (κ3) is 2.82. The highest BCUT2D eigenvalue weighted by atomic mass is 16.3. The highest BCUT2D eigenvalue weighted by Crippen LogP contribution is 2.03. The van der Waals surface area contributed by atoms with E-state index in [0.29, 0.717) is 0 Å². The van der Waals surface area contributed by atoms with Gasteiger partial charge in [0.2, 0.25) is 0 Å². The molecule has 4 nitrogen and oxygen atoms in total. The predicted molar refractivity (Wildman–Crippen MR) is 56.0 cm³/mol. The van der Waals surface area contributed by atoms with Crippen molar-refractivity contribution < 1.29 is 5.11 Å². The van der Waals surface area contributed by atoms with E-state index in [2.05, 4.69) is 23.4 Å². The minimum Gasteiger partial charge on any atom is -0.395 e. The third-order valence-electron chi connectivity index (χ3n) is 2.30. The molecule has 0 aliphatic carbocycles. The summed E-state index contributed by atoms with van der Waals surface area (Å²) in [5, 5.41) is 16.4. The van der Waals surface area contributed by atoms with E-state index in [1.54, 1.807) is 0 Å². The van der Waals surface area contributed by atoms with Gasteiger partial charge < -0.3 is 10.4 Å². The van der Waals surface area contributed by atoms with Gasteiger partial charge in [0.25, 0.3) is 0 Å². The van der Waals surface area contributed by atoms with Gasteiger partial charge in [-0.05, 0) is 19.4 Å². The van der Waals surface area contributed by atoms with Crippen molar-refractivity contribution in [3.05, 3.63) is 17.5 Å². The van der Waals surface area contributed by atoms with Gasteiger partial charge in [0.1, 0.15) is 0 Å². The lowest BCUT2D eigenvalue weighted by Crippen LogP contribution is -2.29. The van der Waals surface area contributed by atoms with E-state index in [-0.39, 0.29) is 12.6 Å². The molecule has 1 heterocycles. The average Bonchev–Trinajstić information content (AvgIpc) is 2.55. The van der Waals surface area contributed by atoms with E-state index in [1.807, 2.05) is 18.7 Å². The van der Waals surface area contributed by atoms with E-state index in [1.165, 1.54) is 0 Å². The zero-order chi connectivity index (χ0) is 10.6. The Morgan fingerprint density at radius 3 is 2.86 bits per heavy atom. The number of aryl methyl sites for hydroxylation is 2. The van der Waals surface area contributed by atoms with Gasteiger partial charge in [-0.2, -0.15) is 5.10 Å². The molecule has 0 amide bonds. The average molecular weight is 197 g/mol. The number of rotatable bonds is 5. The van der Waals surface area contributed by atoms with Crippen molar-refractivity contribution in [2.75, 3.05) is 6.61 Å². The topological polar surface area (TPSA) is 50.1 Å². The zero-order valence-corrected chi connectivity index (χ0v) is 9.12. The fourth-order valence-electron chi connectivity index (χ4n) is 1.25. The van der Waals surface area contributed by atoms with E-state index < -0.39 is 0 Å². The second-order valence-electron chi connectivity index (χ2n) is 3.57. The molecular weight excluding hydrogens is 178 g/mol. The molecule has 1 aromatic rings. The second kappa shape index (κ2) is 5.12. The summed E-state index contributed by atoms with van der Waals surface area (Å²) < 4.78 is 1.88. The highest BCUT2D eigenvalue weighted by Gasteiger charge is 2.04. The standard InChI is InChI=1S/C10H19N3O/c1-4-9-5-10(13(3)12-9)6-11-8(2)7-14/h5,8,11,14H,4,6-7H2,1-3H3. The van der Waals surface area contributed by atoms with Crippen LogP contribution >= 0.6 is 0 Å². The lowest BCUT2D eigenvalue weighted by molar-refractivity contribution is 0.250. The molecule has 0 spiro atoms. The van der Waals surface area contributed by atoms with Crippen molar-refractivity contribution in [2.24, 2.45) is 7.05 Å². The molecule has 0 radical (unpaired) electrons. The molecule has 2 N–H and O–H groups in total. The summed E-state index contributed by atoms with van der Waals surface area (Å²) in [6.07, 6.45) is 0.962. The van der Waals surface area contributed by atoms with Crippen LogP contribution in [0.15, 0.2) is 6.07 Å². The molecular formula is C10H19N3O. The molecule has 4 heteroatoms. The van der Waals surface area contributed by atoms with E-state index in [9.17, 15) is 0 Å². The van der Waals surface area contributed by atoms with Gasteiger partial charge in [0.15, 0.2) is 0 Å². The number of nitrogens with zero attached hydrogens (tertiary/aromatic N) is 2. The van der Waals surface area contributed by atoms with Crippen LogP contribution < -0.4 is 5.32 Å². The Hall–Kier alpha value is -0.870. The van der Waals surface area contributed by atoms with Crippen molar-refractivity contribution in [2.45, 2.75) is 32.9 Å². The molecule has 0 aliphatic heterocycles. The number of nitrogens with one attached hydrogen (secondary N) is 1. The van der Waals surface area contributed by atoms with Crippen LogP contribution in [0.2, 0.25) is 0 Å². The first-order valence-corrected chi connectivity index (χ1v) is 5.03. The van der Waals surface area contributed by atoms with Gasteiger partial charge >= 0.3 is 0 Å². The summed E-state index contributed by atoms with van der Waals surface area (Å²) >= 11 is 0. The van der Waals surface area contributed by atoms with Crippen molar-refractivity contribution in [1.29, 1.82) is 0 Å². The third-order valence-corrected chi connectivity index (χ3v) is 2.30. The highest BCUT2D eigenvalue weighted by molar-refractivity contribution is 5.09. The fourth-order valence-corrected chi connectivity index (χ4v) is 1.25.